The number of aliphatic hydroxyl groups excluding tert-OH is 1. The average molecular weight is 317 g/mol. The third kappa shape index (κ3) is 5.37. The van der Waals surface area contributed by atoms with Crippen LogP contribution in [-0.2, 0) is 6.54 Å². The molecule has 0 bridgehead atoms. The molecule has 0 aromatic carbocycles. The number of aliphatic hydroxyl groups is 1. The van der Waals surface area contributed by atoms with Crippen LogP contribution in [0.2, 0.25) is 0 Å². The highest BCUT2D eigenvalue weighted by molar-refractivity contribution is 5.88. The third-order valence-electron chi connectivity index (χ3n) is 3.30. The summed E-state index contributed by atoms with van der Waals surface area (Å²) in [6, 6.07) is 7.11. The molecule has 0 saturated carbocycles. The summed E-state index contributed by atoms with van der Waals surface area (Å²) in [6.45, 7) is 4.56. The first-order valence-corrected chi connectivity index (χ1v) is 7.75. The van der Waals surface area contributed by atoms with E-state index in [0.717, 1.165) is 17.8 Å². The number of carbonyl (C=O) groups is 1. The van der Waals surface area contributed by atoms with Crippen LogP contribution in [0.1, 0.15) is 31.2 Å². The molecule has 0 aliphatic heterocycles. The van der Waals surface area contributed by atoms with E-state index in [1.54, 1.807) is 16.9 Å². The van der Waals surface area contributed by atoms with Crippen molar-refractivity contribution in [1.29, 1.82) is 0 Å². The number of carbonyl (C=O) groups excluding carboxylic acids is 1. The van der Waals surface area contributed by atoms with Crippen molar-refractivity contribution >= 4 is 11.8 Å². The molecule has 2 amide bonds. The Morgan fingerprint density at radius 3 is 2.96 bits per heavy atom. The highest BCUT2D eigenvalue weighted by Gasteiger charge is 2.11. The Labute approximate surface area is 135 Å². The molecule has 124 valence electrons. The van der Waals surface area contributed by atoms with Crippen molar-refractivity contribution in [3.05, 3.63) is 41.9 Å². The van der Waals surface area contributed by atoms with Crippen LogP contribution in [0.5, 0.6) is 0 Å². The van der Waals surface area contributed by atoms with Gasteiger partial charge in [-0.05, 0) is 25.5 Å². The summed E-state index contributed by atoms with van der Waals surface area (Å²) in [5, 5.41) is 19.4. The monoisotopic (exact) mass is 317 g/mol. The highest BCUT2D eigenvalue weighted by atomic mass is 16.3. The molecular weight excluding hydrogens is 294 g/mol. The number of aryl methyl sites for hydroxylation is 1. The molecule has 2 rings (SSSR count). The zero-order valence-electron chi connectivity index (χ0n) is 13.5. The maximum atomic E-state index is 11.9. The predicted octanol–water partition coefficient (Wildman–Crippen LogP) is 1.92. The summed E-state index contributed by atoms with van der Waals surface area (Å²) < 4.78 is 1.69. The van der Waals surface area contributed by atoms with Crippen LogP contribution in [0.4, 0.5) is 10.6 Å². The van der Waals surface area contributed by atoms with Gasteiger partial charge in [-0.3, -0.25) is 10.3 Å². The molecule has 0 aliphatic rings. The Hall–Kier alpha value is -2.41. The summed E-state index contributed by atoms with van der Waals surface area (Å²) in [5.41, 5.74) is 1.67. The van der Waals surface area contributed by atoms with Gasteiger partial charge in [0.2, 0.25) is 0 Å². The molecule has 0 fully saturated rings. The van der Waals surface area contributed by atoms with Gasteiger partial charge >= 0.3 is 6.03 Å². The number of pyridine rings is 1. The molecule has 23 heavy (non-hydrogen) atoms. The first-order valence-electron chi connectivity index (χ1n) is 7.75. The molecule has 0 aliphatic carbocycles. The fourth-order valence-corrected chi connectivity index (χ4v) is 2.22. The number of anilines is 1. The second-order valence-electron chi connectivity index (χ2n) is 5.43. The van der Waals surface area contributed by atoms with Crippen LogP contribution < -0.4 is 10.6 Å². The highest BCUT2D eigenvalue weighted by Crippen LogP contribution is 2.12. The maximum Gasteiger partial charge on any atom is 0.320 e. The molecule has 7 heteroatoms. The smallest absolute Gasteiger partial charge is 0.320 e. The number of amides is 2. The lowest BCUT2D eigenvalue weighted by atomic mass is 10.2. The summed E-state index contributed by atoms with van der Waals surface area (Å²) in [5.74, 6) is 0.593. The van der Waals surface area contributed by atoms with Crippen LogP contribution in [0.3, 0.4) is 0 Å². The van der Waals surface area contributed by atoms with E-state index in [1.165, 1.54) is 0 Å². The largest absolute Gasteiger partial charge is 0.391 e. The van der Waals surface area contributed by atoms with Gasteiger partial charge in [0.25, 0.3) is 0 Å². The normalized spacial score (nSPS) is 12.0. The third-order valence-corrected chi connectivity index (χ3v) is 3.30. The molecule has 2 heterocycles. The lowest BCUT2D eigenvalue weighted by molar-refractivity contribution is 0.162. The molecule has 1 unspecified atom stereocenters. The zero-order chi connectivity index (χ0) is 16.7. The molecule has 0 radical (unpaired) electrons. The van der Waals surface area contributed by atoms with E-state index in [1.807, 2.05) is 32.0 Å². The van der Waals surface area contributed by atoms with Crippen molar-refractivity contribution in [3.63, 3.8) is 0 Å². The Kier molecular flexibility index (Phi) is 6.10. The van der Waals surface area contributed by atoms with Crippen LogP contribution in [0.25, 0.3) is 0 Å². The number of nitrogens with one attached hydrogen (secondary N) is 2. The lowest BCUT2D eigenvalue weighted by Crippen LogP contribution is -2.35. The average Bonchev–Trinajstić information content (AvgIpc) is 2.86. The van der Waals surface area contributed by atoms with Gasteiger partial charge in [0.1, 0.15) is 5.82 Å². The van der Waals surface area contributed by atoms with Crippen LogP contribution in [0.15, 0.2) is 30.5 Å². The SMILES string of the molecule is CCCC(O)CNC(=O)Nc1cc(C)nn1Cc1ccccn1. The number of hydrogen-bond donors (Lipinski definition) is 3. The fourth-order valence-electron chi connectivity index (χ4n) is 2.22. The number of hydrogen-bond acceptors (Lipinski definition) is 4. The van der Waals surface area contributed by atoms with Gasteiger partial charge in [-0.15, -0.1) is 0 Å². The lowest BCUT2D eigenvalue weighted by Gasteiger charge is -2.12. The number of rotatable bonds is 7. The van der Waals surface area contributed by atoms with E-state index >= 15 is 0 Å². The van der Waals surface area contributed by atoms with Crippen molar-refractivity contribution in [3.8, 4) is 0 Å². The zero-order valence-corrected chi connectivity index (χ0v) is 13.5. The van der Waals surface area contributed by atoms with Crippen molar-refractivity contribution in [1.82, 2.24) is 20.1 Å². The molecule has 2 aromatic rings. The second-order valence-corrected chi connectivity index (χ2v) is 5.43. The van der Waals surface area contributed by atoms with Crippen LogP contribution in [0, 0.1) is 6.92 Å². The van der Waals surface area contributed by atoms with Gasteiger partial charge in [-0.25, -0.2) is 9.48 Å². The molecule has 0 spiro atoms. The minimum atomic E-state index is -0.522. The van der Waals surface area contributed by atoms with Gasteiger partial charge in [-0.1, -0.05) is 19.4 Å². The number of aromatic nitrogens is 3. The molecule has 3 N–H and O–H groups in total. The first-order chi connectivity index (χ1) is 11.1. The molecular formula is C16H23N5O2. The number of urea groups is 1. The number of nitrogens with zero attached hydrogens (tertiary/aromatic N) is 3. The topological polar surface area (TPSA) is 92.1 Å². The minimum absolute atomic E-state index is 0.229. The first kappa shape index (κ1) is 17.0. The summed E-state index contributed by atoms with van der Waals surface area (Å²) in [4.78, 5) is 16.2. The molecule has 0 saturated heterocycles. The van der Waals surface area contributed by atoms with Gasteiger partial charge in [0.05, 0.1) is 24.0 Å². The van der Waals surface area contributed by atoms with E-state index < -0.39 is 6.10 Å². The minimum Gasteiger partial charge on any atom is -0.391 e. The van der Waals surface area contributed by atoms with Gasteiger partial charge in [0, 0.05) is 18.8 Å². The quantitative estimate of drug-likeness (QED) is 0.727. The van der Waals surface area contributed by atoms with Crippen molar-refractivity contribution in [2.45, 2.75) is 39.3 Å². The van der Waals surface area contributed by atoms with E-state index in [4.69, 9.17) is 0 Å². The van der Waals surface area contributed by atoms with Crippen LogP contribution >= 0.6 is 0 Å². The van der Waals surface area contributed by atoms with Gasteiger partial charge in [-0.2, -0.15) is 5.10 Å². The summed E-state index contributed by atoms with van der Waals surface area (Å²) in [6.07, 6.45) is 2.74. The Morgan fingerprint density at radius 1 is 1.43 bits per heavy atom. The Morgan fingerprint density at radius 2 is 2.26 bits per heavy atom. The second kappa shape index (κ2) is 8.28. The van der Waals surface area contributed by atoms with Crippen LogP contribution in [-0.4, -0.2) is 38.6 Å². The van der Waals surface area contributed by atoms with E-state index in [9.17, 15) is 9.90 Å². The predicted molar refractivity (Wildman–Crippen MR) is 88.2 cm³/mol. The summed E-state index contributed by atoms with van der Waals surface area (Å²) in [7, 11) is 0. The van der Waals surface area contributed by atoms with Crippen molar-refractivity contribution in [2.24, 2.45) is 0 Å². The van der Waals surface area contributed by atoms with Gasteiger partial charge in [0.15, 0.2) is 0 Å². The Bertz CT molecular complexity index is 627. The van der Waals surface area contributed by atoms with Crippen molar-refractivity contribution < 1.29 is 9.90 Å². The molecule has 2 aromatic heterocycles. The van der Waals surface area contributed by atoms with E-state index in [-0.39, 0.29) is 12.6 Å². The Balaban J connectivity index is 1.96. The fraction of sp³-hybridized carbons (Fsp3) is 0.438. The maximum absolute atomic E-state index is 11.9. The van der Waals surface area contributed by atoms with Crippen molar-refractivity contribution in [2.75, 3.05) is 11.9 Å². The summed E-state index contributed by atoms with van der Waals surface area (Å²) >= 11 is 0. The standard InChI is InChI=1S/C16H23N5O2/c1-3-6-14(22)10-18-16(23)19-15-9-12(2)20-21(15)11-13-7-4-5-8-17-13/h4-5,7-9,14,22H,3,6,10-11H2,1-2H3,(H2,18,19,23). The van der Waals surface area contributed by atoms with Gasteiger partial charge < -0.3 is 10.4 Å². The molecule has 1 atom stereocenters. The van der Waals surface area contributed by atoms with E-state index in [2.05, 4.69) is 20.7 Å². The van der Waals surface area contributed by atoms with E-state index in [0.29, 0.717) is 18.8 Å². The molecule has 7 nitrogen and oxygen atoms in total.